The molecule has 1 aliphatic heterocycles. The predicted molar refractivity (Wildman–Crippen MR) is 96.4 cm³/mol. The van der Waals surface area contributed by atoms with Gasteiger partial charge in [-0.05, 0) is 50.2 Å². The standard InChI is InChI=1S/C20H22FN3O3/c21-15-5-1-2-6-17(15)24-16-7-3-4-14(16)19(22-24)20(27)23-10-8-13(9-11-23)12-18(25)26/h1-2,5-6,13H,3-4,7-12H2,(H,25,26). The first-order chi connectivity index (χ1) is 13.0. The van der Waals surface area contributed by atoms with Gasteiger partial charge in [0.25, 0.3) is 5.91 Å². The highest BCUT2D eigenvalue weighted by atomic mass is 19.1. The Bertz CT molecular complexity index is 885. The van der Waals surface area contributed by atoms with Crippen molar-refractivity contribution < 1.29 is 19.1 Å². The Morgan fingerprint density at radius 3 is 2.63 bits per heavy atom. The molecular formula is C20H22FN3O3. The summed E-state index contributed by atoms with van der Waals surface area (Å²) in [6, 6.07) is 6.46. The maximum atomic E-state index is 14.3. The van der Waals surface area contributed by atoms with Gasteiger partial charge < -0.3 is 10.0 Å². The molecule has 0 saturated carbocycles. The minimum Gasteiger partial charge on any atom is -0.481 e. The van der Waals surface area contributed by atoms with E-state index >= 15 is 0 Å². The number of carbonyl (C=O) groups is 2. The maximum absolute atomic E-state index is 14.3. The van der Waals surface area contributed by atoms with E-state index in [4.69, 9.17) is 5.11 Å². The quantitative estimate of drug-likeness (QED) is 0.897. The topological polar surface area (TPSA) is 75.4 Å². The lowest BCUT2D eigenvalue weighted by atomic mass is 9.93. The maximum Gasteiger partial charge on any atom is 0.303 e. The van der Waals surface area contributed by atoms with Crippen molar-refractivity contribution in [2.24, 2.45) is 5.92 Å². The summed E-state index contributed by atoms with van der Waals surface area (Å²) in [6.07, 6.45) is 4.02. The van der Waals surface area contributed by atoms with Gasteiger partial charge in [0.05, 0.1) is 0 Å². The summed E-state index contributed by atoms with van der Waals surface area (Å²) in [4.78, 5) is 25.7. The second-order valence-corrected chi connectivity index (χ2v) is 7.32. The molecule has 7 heteroatoms. The number of fused-ring (bicyclic) bond motifs is 1. The molecule has 4 rings (SSSR count). The molecular weight excluding hydrogens is 349 g/mol. The molecule has 2 aromatic rings. The van der Waals surface area contributed by atoms with Gasteiger partial charge in [0, 0.05) is 30.8 Å². The Hall–Kier alpha value is -2.70. The fraction of sp³-hybridized carbons (Fsp3) is 0.450. The number of aliphatic carboxylic acids is 1. The number of halogens is 1. The number of carboxylic acids is 1. The van der Waals surface area contributed by atoms with Crippen LogP contribution >= 0.6 is 0 Å². The van der Waals surface area contributed by atoms with Gasteiger partial charge in [0.2, 0.25) is 0 Å². The second kappa shape index (κ2) is 7.13. The molecule has 0 spiro atoms. The van der Waals surface area contributed by atoms with E-state index in [1.807, 2.05) is 0 Å². The van der Waals surface area contributed by atoms with Gasteiger partial charge in [-0.25, -0.2) is 9.07 Å². The minimum atomic E-state index is -0.791. The number of nitrogens with zero attached hydrogens (tertiary/aromatic N) is 3. The lowest BCUT2D eigenvalue weighted by Crippen LogP contribution is -2.39. The van der Waals surface area contributed by atoms with Crippen molar-refractivity contribution in [3.8, 4) is 5.69 Å². The summed E-state index contributed by atoms with van der Waals surface area (Å²) in [5.41, 5.74) is 2.64. The SMILES string of the molecule is O=C(O)CC1CCN(C(=O)c2nn(-c3ccccc3F)c3c2CCC3)CC1. The van der Waals surface area contributed by atoms with Crippen molar-refractivity contribution in [2.75, 3.05) is 13.1 Å². The zero-order chi connectivity index (χ0) is 19.0. The first-order valence-corrected chi connectivity index (χ1v) is 9.41. The van der Waals surface area contributed by atoms with Crippen LogP contribution in [0.4, 0.5) is 4.39 Å². The van der Waals surface area contributed by atoms with Crippen molar-refractivity contribution in [2.45, 2.75) is 38.5 Å². The summed E-state index contributed by atoms with van der Waals surface area (Å²) in [6.45, 7) is 1.08. The fourth-order valence-electron chi connectivity index (χ4n) is 4.17. The third-order valence-electron chi connectivity index (χ3n) is 5.58. The van der Waals surface area contributed by atoms with E-state index in [9.17, 15) is 14.0 Å². The number of piperidine rings is 1. The van der Waals surface area contributed by atoms with Gasteiger partial charge in [0.1, 0.15) is 11.5 Å². The molecule has 0 bridgehead atoms. The van der Waals surface area contributed by atoms with Crippen molar-refractivity contribution >= 4 is 11.9 Å². The molecule has 0 atom stereocenters. The van der Waals surface area contributed by atoms with Crippen molar-refractivity contribution in [3.63, 3.8) is 0 Å². The Morgan fingerprint density at radius 2 is 1.93 bits per heavy atom. The molecule has 2 aliphatic rings. The summed E-state index contributed by atoms with van der Waals surface area (Å²) < 4.78 is 15.8. The van der Waals surface area contributed by atoms with Gasteiger partial charge >= 0.3 is 5.97 Å². The van der Waals surface area contributed by atoms with Crippen LogP contribution in [-0.2, 0) is 17.6 Å². The normalized spacial score (nSPS) is 17.1. The number of hydrogen-bond acceptors (Lipinski definition) is 3. The molecule has 142 valence electrons. The van der Waals surface area contributed by atoms with Crippen LogP contribution in [0, 0.1) is 11.7 Å². The highest BCUT2D eigenvalue weighted by Crippen LogP contribution is 2.30. The third-order valence-corrected chi connectivity index (χ3v) is 5.58. The van der Waals surface area contributed by atoms with Gasteiger partial charge in [-0.15, -0.1) is 0 Å². The molecule has 1 aliphatic carbocycles. The molecule has 27 heavy (non-hydrogen) atoms. The van der Waals surface area contributed by atoms with Crippen LogP contribution in [-0.4, -0.2) is 44.8 Å². The second-order valence-electron chi connectivity index (χ2n) is 7.32. The predicted octanol–water partition coefficient (Wildman–Crippen LogP) is 2.83. The van der Waals surface area contributed by atoms with Crippen LogP contribution in [0.2, 0.25) is 0 Å². The Labute approximate surface area is 156 Å². The van der Waals surface area contributed by atoms with Crippen molar-refractivity contribution in [1.29, 1.82) is 0 Å². The zero-order valence-corrected chi connectivity index (χ0v) is 15.0. The van der Waals surface area contributed by atoms with Gasteiger partial charge in [-0.1, -0.05) is 12.1 Å². The summed E-state index contributed by atoms with van der Waals surface area (Å²) in [7, 11) is 0. The van der Waals surface area contributed by atoms with E-state index < -0.39 is 5.97 Å². The van der Waals surface area contributed by atoms with Crippen molar-refractivity contribution in [1.82, 2.24) is 14.7 Å². The number of aromatic nitrogens is 2. The summed E-state index contributed by atoms with van der Waals surface area (Å²) >= 11 is 0. The number of amides is 1. The number of rotatable bonds is 4. The molecule has 1 amide bonds. The van der Waals surface area contributed by atoms with Crippen LogP contribution in [0.5, 0.6) is 0 Å². The minimum absolute atomic E-state index is 0.119. The molecule has 1 aromatic carbocycles. The van der Waals surface area contributed by atoms with E-state index in [2.05, 4.69) is 5.10 Å². The molecule has 6 nitrogen and oxygen atoms in total. The molecule has 1 fully saturated rings. The zero-order valence-electron chi connectivity index (χ0n) is 15.0. The Kier molecular flexibility index (Phi) is 4.68. The van der Waals surface area contributed by atoms with E-state index in [-0.39, 0.29) is 24.1 Å². The fourth-order valence-corrected chi connectivity index (χ4v) is 4.17. The summed E-state index contributed by atoms with van der Waals surface area (Å²) in [5, 5.41) is 13.4. The molecule has 1 saturated heterocycles. The largest absolute Gasteiger partial charge is 0.481 e. The van der Waals surface area contributed by atoms with E-state index in [1.54, 1.807) is 27.8 Å². The highest BCUT2D eigenvalue weighted by molar-refractivity contribution is 5.94. The number of para-hydroxylation sites is 1. The van der Waals surface area contributed by atoms with Crippen LogP contribution in [0.15, 0.2) is 24.3 Å². The van der Waals surface area contributed by atoms with E-state index in [1.165, 1.54) is 6.07 Å². The monoisotopic (exact) mass is 371 g/mol. The number of benzene rings is 1. The molecule has 2 heterocycles. The average Bonchev–Trinajstić information content (AvgIpc) is 3.24. The Morgan fingerprint density at radius 1 is 1.19 bits per heavy atom. The molecule has 1 aromatic heterocycles. The van der Waals surface area contributed by atoms with E-state index in [0.717, 1.165) is 30.5 Å². The third kappa shape index (κ3) is 3.34. The highest BCUT2D eigenvalue weighted by Gasteiger charge is 2.32. The summed E-state index contributed by atoms with van der Waals surface area (Å²) in [5.74, 6) is -1.16. The first kappa shape index (κ1) is 17.7. The van der Waals surface area contributed by atoms with Gasteiger partial charge in [-0.3, -0.25) is 9.59 Å². The van der Waals surface area contributed by atoms with Gasteiger partial charge in [0.15, 0.2) is 5.69 Å². The van der Waals surface area contributed by atoms with Gasteiger partial charge in [-0.2, -0.15) is 5.10 Å². The first-order valence-electron chi connectivity index (χ1n) is 9.41. The smallest absolute Gasteiger partial charge is 0.303 e. The van der Waals surface area contributed by atoms with E-state index in [0.29, 0.717) is 37.3 Å². The van der Waals surface area contributed by atoms with Crippen LogP contribution in [0.25, 0.3) is 5.69 Å². The average molecular weight is 371 g/mol. The number of hydrogen-bond donors (Lipinski definition) is 1. The number of carboxylic acid groups (broad SMARTS) is 1. The molecule has 0 unspecified atom stereocenters. The lowest BCUT2D eigenvalue weighted by molar-refractivity contribution is -0.138. The van der Waals surface area contributed by atoms with Crippen LogP contribution in [0.3, 0.4) is 0 Å². The Balaban J connectivity index is 1.58. The lowest BCUT2D eigenvalue weighted by Gasteiger charge is -2.31. The molecule has 1 N–H and O–H groups in total. The number of likely N-dealkylation sites (tertiary alicyclic amines) is 1. The van der Waals surface area contributed by atoms with Crippen LogP contribution < -0.4 is 0 Å². The molecule has 0 radical (unpaired) electrons. The number of carbonyl (C=O) groups excluding carboxylic acids is 1. The van der Waals surface area contributed by atoms with Crippen molar-refractivity contribution in [3.05, 3.63) is 47.0 Å². The van der Waals surface area contributed by atoms with Crippen LogP contribution in [0.1, 0.15) is 47.4 Å².